The molecule has 0 spiro atoms. The second-order valence-electron chi connectivity index (χ2n) is 8.20. The molecule has 2 aliphatic heterocycles. The molecule has 5 heteroatoms. The molecule has 24 heavy (non-hydrogen) atoms. The second-order valence-corrected chi connectivity index (χ2v) is 8.20. The monoisotopic (exact) mass is 330 g/mol. The number of likely N-dealkylation sites (tertiary alicyclic amines) is 2. The molecule has 0 bridgehead atoms. The molecular weight excluding hydrogens is 300 g/mol. The fourth-order valence-corrected chi connectivity index (χ4v) is 5.04. The first-order valence-electron chi connectivity index (χ1n) is 9.59. The van der Waals surface area contributed by atoms with Gasteiger partial charge in [-0.1, -0.05) is 0 Å². The molecule has 1 aromatic heterocycles. The van der Waals surface area contributed by atoms with Crippen LogP contribution >= 0.6 is 0 Å². The minimum Gasteiger partial charge on any atom is -0.341 e. The predicted molar refractivity (Wildman–Crippen MR) is 93.7 cm³/mol. The van der Waals surface area contributed by atoms with Crippen molar-refractivity contribution in [2.24, 2.45) is 13.0 Å². The number of aryl methyl sites for hydroxylation is 1. The van der Waals surface area contributed by atoms with Gasteiger partial charge in [0, 0.05) is 50.4 Å². The van der Waals surface area contributed by atoms with Gasteiger partial charge in [0.2, 0.25) is 5.91 Å². The number of piperidine rings is 1. The van der Waals surface area contributed by atoms with E-state index in [2.05, 4.69) is 34.9 Å². The van der Waals surface area contributed by atoms with E-state index in [0.717, 1.165) is 25.9 Å². The Morgan fingerprint density at radius 3 is 2.62 bits per heavy atom. The van der Waals surface area contributed by atoms with E-state index >= 15 is 0 Å². The normalized spacial score (nSPS) is 37.0. The van der Waals surface area contributed by atoms with Crippen molar-refractivity contribution in [3.8, 4) is 0 Å². The topological polar surface area (TPSA) is 41.4 Å². The number of amides is 1. The Kier molecular flexibility index (Phi) is 4.15. The molecule has 1 saturated carbocycles. The first kappa shape index (κ1) is 16.1. The third kappa shape index (κ3) is 2.87. The first-order chi connectivity index (χ1) is 11.5. The molecule has 2 saturated heterocycles. The highest BCUT2D eigenvalue weighted by molar-refractivity contribution is 5.83. The fourth-order valence-electron chi connectivity index (χ4n) is 5.04. The molecular formula is C19H30N4O. The molecule has 1 aliphatic carbocycles. The van der Waals surface area contributed by atoms with Gasteiger partial charge in [0.05, 0.1) is 6.20 Å². The molecule has 1 aromatic rings. The van der Waals surface area contributed by atoms with Gasteiger partial charge in [-0.25, -0.2) is 0 Å². The van der Waals surface area contributed by atoms with Gasteiger partial charge in [-0.15, -0.1) is 0 Å². The summed E-state index contributed by atoms with van der Waals surface area (Å²) in [6.07, 6.45) is 9.98. The van der Waals surface area contributed by atoms with Gasteiger partial charge in [-0.3, -0.25) is 14.4 Å². The van der Waals surface area contributed by atoms with Crippen LogP contribution in [-0.2, 0) is 11.8 Å². The summed E-state index contributed by atoms with van der Waals surface area (Å²) >= 11 is 0. The molecule has 0 unspecified atom stereocenters. The highest BCUT2D eigenvalue weighted by Gasteiger charge is 2.47. The van der Waals surface area contributed by atoms with Crippen molar-refractivity contribution in [1.29, 1.82) is 0 Å². The summed E-state index contributed by atoms with van der Waals surface area (Å²) in [7, 11) is 1.94. The molecule has 5 atom stereocenters. The van der Waals surface area contributed by atoms with E-state index in [1.54, 1.807) is 0 Å². The lowest BCUT2D eigenvalue weighted by atomic mass is 10.0. The molecule has 4 rings (SSSR count). The van der Waals surface area contributed by atoms with Crippen molar-refractivity contribution in [3.63, 3.8) is 0 Å². The highest BCUT2D eigenvalue weighted by Crippen LogP contribution is 2.48. The third-order valence-electron chi connectivity index (χ3n) is 6.41. The lowest BCUT2D eigenvalue weighted by Gasteiger charge is -2.41. The number of aromatic nitrogens is 2. The molecule has 0 aromatic carbocycles. The van der Waals surface area contributed by atoms with Crippen molar-refractivity contribution in [2.75, 3.05) is 13.1 Å². The van der Waals surface area contributed by atoms with Crippen LogP contribution in [0.3, 0.4) is 0 Å². The van der Waals surface area contributed by atoms with E-state index in [4.69, 9.17) is 0 Å². The Morgan fingerprint density at radius 1 is 1.21 bits per heavy atom. The summed E-state index contributed by atoms with van der Waals surface area (Å²) in [6, 6.07) is 1.90. The lowest BCUT2D eigenvalue weighted by molar-refractivity contribution is -0.135. The van der Waals surface area contributed by atoms with Crippen LogP contribution < -0.4 is 0 Å². The standard InChI is InChI=1S/C19H30N4O/c1-13-6-7-14(2)23(13)16-5-4-8-22(12-16)19(24)18-9-17(18)15-10-20-21(3)11-15/h10-11,13-14,16-18H,4-9,12H2,1-3H3/t13-,14+,16-,17+,18-/m1/s1. The van der Waals surface area contributed by atoms with Crippen molar-refractivity contribution in [2.45, 2.75) is 70.0 Å². The molecule has 0 radical (unpaired) electrons. The molecule has 3 fully saturated rings. The van der Waals surface area contributed by atoms with Gasteiger partial charge in [-0.2, -0.15) is 5.10 Å². The number of rotatable bonds is 3. The maximum absolute atomic E-state index is 13.0. The zero-order chi connectivity index (χ0) is 16.8. The van der Waals surface area contributed by atoms with Gasteiger partial charge < -0.3 is 4.90 Å². The zero-order valence-electron chi connectivity index (χ0n) is 15.2. The van der Waals surface area contributed by atoms with Crippen LogP contribution in [0.5, 0.6) is 0 Å². The summed E-state index contributed by atoms with van der Waals surface area (Å²) in [5.41, 5.74) is 1.23. The number of hydrogen-bond donors (Lipinski definition) is 0. The maximum Gasteiger partial charge on any atom is 0.226 e. The average Bonchev–Trinajstić information content (AvgIpc) is 3.15. The van der Waals surface area contributed by atoms with Crippen LogP contribution in [0.2, 0.25) is 0 Å². The third-order valence-corrected chi connectivity index (χ3v) is 6.41. The predicted octanol–water partition coefficient (Wildman–Crippen LogP) is 2.39. The highest BCUT2D eigenvalue weighted by atomic mass is 16.2. The summed E-state index contributed by atoms with van der Waals surface area (Å²) in [6.45, 7) is 6.58. The smallest absolute Gasteiger partial charge is 0.226 e. The molecule has 132 valence electrons. The van der Waals surface area contributed by atoms with Crippen molar-refractivity contribution in [1.82, 2.24) is 19.6 Å². The number of hydrogen-bond acceptors (Lipinski definition) is 3. The Bertz CT molecular complexity index is 602. The molecule has 3 heterocycles. The Morgan fingerprint density at radius 2 is 1.96 bits per heavy atom. The Balaban J connectivity index is 1.39. The van der Waals surface area contributed by atoms with E-state index < -0.39 is 0 Å². The quantitative estimate of drug-likeness (QED) is 0.854. The van der Waals surface area contributed by atoms with E-state index in [1.807, 2.05) is 17.9 Å². The average molecular weight is 330 g/mol. The zero-order valence-corrected chi connectivity index (χ0v) is 15.2. The number of nitrogens with zero attached hydrogens (tertiary/aromatic N) is 4. The number of carbonyl (C=O) groups excluding carboxylic acids is 1. The van der Waals surface area contributed by atoms with Crippen LogP contribution in [0.1, 0.15) is 57.4 Å². The van der Waals surface area contributed by atoms with E-state index in [9.17, 15) is 4.79 Å². The first-order valence-corrected chi connectivity index (χ1v) is 9.59. The molecule has 1 amide bonds. The van der Waals surface area contributed by atoms with Gasteiger partial charge >= 0.3 is 0 Å². The summed E-state index contributed by atoms with van der Waals surface area (Å²) < 4.78 is 1.84. The van der Waals surface area contributed by atoms with Crippen molar-refractivity contribution >= 4 is 5.91 Å². The second kappa shape index (κ2) is 6.17. The maximum atomic E-state index is 13.0. The van der Waals surface area contributed by atoms with Crippen molar-refractivity contribution < 1.29 is 4.79 Å². The Hall–Kier alpha value is -1.36. The largest absolute Gasteiger partial charge is 0.341 e. The van der Waals surface area contributed by atoms with Gasteiger partial charge in [-0.05, 0) is 57.4 Å². The van der Waals surface area contributed by atoms with Crippen LogP contribution in [0.4, 0.5) is 0 Å². The SMILES string of the molecule is C[C@@H]1CC[C@H](C)N1[C@@H]1CCCN(C(=O)[C@@H]2C[C@H]2c2cnn(C)c2)C1. The fraction of sp³-hybridized carbons (Fsp3) is 0.789. The van der Waals surface area contributed by atoms with Gasteiger partial charge in [0.1, 0.15) is 0 Å². The Labute approximate surface area is 145 Å². The lowest BCUT2D eigenvalue weighted by Crippen LogP contribution is -2.52. The number of carbonyl (C=O) groups is 1. The van der Waals surface area contributed by atoms with Crippen LogP contribution in [0.15, 0.2) is 12.4 Å². The van der Waals surface area contributed by atoms with E-state index in [0.29, 0.717) is 30.0 Å². The molecule has 0 N–H and O–H groups in total. The van der Waals surface area contributed by atoms with E-state index in [-0.39, 0.29) is 5.92 Å². The molecule has 3 aliphatic rings. The van der Waals surface area contributed by atoms with E-state index in [1.165, 1.54) is 24.8 Å². The minimum absolute atomic E-state index is 0.196. The molecule has 5 nitrogen and oxygen atoms in total. The van der Waals surface area contributed by atoms with Crippen LogP contribution in [-0.4, -0.2) is 56.7 Å². The van der Waals surface area contributed by atoms with Crippen LogP contribution in [0.25, 0.3) is 0 Å². The summed E-state index contributed by atoms with van der Waals surface area (Å²) in [4.78, 5) is 17.8. The van der Waals surface area contributed by atoms with Crippen molar-refractivity contribution in [3.05, 3.63) is 18.0 Å². The minimum atomic E-state index is 0.196. The summed E-state index contributed by atoms with van der Waals surface area (Å²) in [5.74, 6) is 0.977. The van der Waals surface area contributed by atoms with Gasteiger partial charge in [0.15, 0.2) is 0 Å². The van der Waals surface area contributed by atoms with Crippen LogP contribution in [0, 0.1) is 5.92 Å². The summed E-state index contributed by atoms with van der Waals surface area (Å²) in [5, 5.41) is 4.25. The van der Waals surface area contributed by atoms with Gasteiger partial charge in [0.25, 0.3) is 0 Å².